The fourth-order valence-corrected chi connectivity index (χ4v) is 1.92. The third kappa shape index (κ3) is 4.90. The van der Waals surface area contributed by atoms with E-state index in [0.29, 0.717) is 12.5 Å². The molecular formula is C13H22NNaO3. The number of amides is 1. The second-order valence-corrected chi connectivity index (χ2v) is 5.88. The molecule has 0 bridgehead atoms. The molecule has 1 N–H and O–H groups in total. The Labute approximate surface area is 131 Å². The molecule has 1 saturated carbocycles. The molecule has 98 valence electrons. The summed E-state index contributed by atoms with van der Waals surface area (Å²) in [6.07, 6.45) is 2.46. The van der Waals surface area contributed by atoms with Crippen LogP contribution in [0.5, 0.6) is 0 Å². The van der Waals surface area contributed by atoms with Crippen LogP contribution >= 0.6 is 0 Å². The Morgan fingerprint density at radius 3 is 2.17 bits per heavy atom. The third-order valence-electron chi connectivity index (χ3n) is 3.94. The molecule has 0 aromatic heterocycles. The fourth-order valence-electron chi connectivity index (χ4n) is 1.92. The van der Waals surface area contributed by atoms with Crippen molar-refractivity contribution >= 4 is 11.9 Å². The molecule has 0 radical (unpaired) electrons. The van der Waals surface area contributed by atoms with Gasteiger partial charge in [-0.3, -0.25) is 4.79 Å². The first-order valence-electron chi connectivity index (χ1n) is 6.24. The van der Waals surface area contributed by atoms with Crippen molar-refractivity contribution in [3.63, 3.8) is 0 Å². The third-order valence-corrected chi connectivity index (χ3v) is 3.94. The van der Waals surface area contributed by atoms with E-state index >= 15 is 0 Å². The van der Waals surface area contributed by atoms with Gasteiger partial charge in [-0.05, 0) is 24.2 Å². The molecule has 4 nitrogen and oxygen atoms in total. The van der Waals surface area contributed by atoms with Crippen molar-refractivity contribution in [2.24, 2.45) is 23.2 Å². The number of hydrogen-bond donors (Lipinski definition) is 1. The molecule has 2 atom stereocenters. The van der Waals surface area contributed by atoms with Crippen LogP contribution in [0.15, 0.2) is 0 Å². The maximum atomic E-state index is 11.8. The van der Waals surface area contributed by atoms with Crippen LogP contribution in [0.25, 0.3) is 0 Å². The average Bonchev–Trinajstić information content (AvgIpc) is 3.07. The fraction of sp³-hybridized carbons (Fsp3) is 0.846. The number of carboxylic acid groups (broad SMARTS) is 1. The molecule has 2 unspecified atom stereocenters. The monoisotopic (exact) mass is 263 g/mol. The SMILES string of the molecule is CC(C(=O)[O-])C(C)C(=O)NCC(C)(C)C1CC1.[Na+]. The second kappa shape index (κ2) is 6.92. The molecule has 1 aliphatic carbocycles. The summed E-state index contributed by atoms with van der Waals surface area (Å²) in [5, 5.41) is 13.5. The Balaban J connectivity index is 0.00000289. The minimum absolute atomic E-state index is 0. The van der Waals surface area contributed by atoms with E-state index in [1.165, 1.54) is 19.8 Å². The molecule has 1 fully saturated rings. The van der Waals surface area contributed by atoms with E-state index in [-0.39, 0.29) is 40.9 Å². The molecule has 0 aliphatic heterocycles. The molecule has 1 aliphatic rings. The second-order valence-electron chi connectivity index (χ2n) is 5.88. The van der Waals surface area contributed by atoms with Crippen molar-refractivity contribution in [2.45, 2.75) is 40.5 Å². The number of carbonyl (C=O) groups is 2. The summed E-state index contributed by atoms with van der Waals surface area (Å²) in [6, 6.07) is 0. The summed E-state index contributed by atoms with van der Waals surface area (Å²) >= 11 is 0. The van der Waals surface area contributed by atoms with Gasteiger partial charge in [0.05, 0.1) is 0 Å². The molecule has 0 heterocycles. The zero-order valence-electron chi connectivity index (χ0n) is 12.1. The summed E-state index contributed by atoms with van der Waals surface area (Å²) < 4.78 is 0. The van der Waals surface area contributed by atoms with Gasteiger partial charge in [-0.2, -0.15) is 0 Å². The van der Waals surface area contributed by atoms with Crippen LogP contribution in [0.2, 0.25) is 0 Å². The van der Waals surface area contributed by atoms with Crippen molar-refractivity contribution in [1.82, 2.24) is 5.32 Å². The minimum atomic E-state index is -1.17. The van der Waals surface area contributed by atoms with Crippen LogP contribution in [0, 0.1) is 23.2 Å². The van der Waals surface area contributed by atoms with E-state index in [4.69, 9.17) is 0 Å². The van der Waals surface area contributed by atoms with E-state index in [9.17, 15) is 14.7 Å². The Morgan fingerprint density at radius 2 is 1.78 bits per heavy atom. The Hall–Kier alpha value is -0.0600. The molecule has 1 rings (SSSR count). The Morgan fingerprint density at radius 1 is 1.28 bits per heavy atom. The molecule has 0 saturated heterocycles. The first kappa shape index (κ1) is 17.9. The Bertz CT molecular complexity index is 313. The average molecular weight is 263 g/mol. The predicted octanol–water partition coefficient (Wildman–Crippen LogP) is -2.44. The predicted molar refractivity (Wildman–Crippen MR) is 62.8 cm³/mol. The van der Waals surface area contributed by atoms with Crippen molar-refractivity contribution in [3.8, 4) is 0 Å². The van der Waals surface area contributed by atoms with Gasteiger partial charge in [0.2, 0.25) is 5.91 Å². The van der Waals surface area contributed by atoms with Crippen LogP contribution in [0.1, 0.15) is 40.5 Å². The Kier molecular flexibility index (Phi) is 6.90. The summed E-state index contributed by atoms with van der Waals surface area (Å²) in [7, 11) is 0. The summed E-state index contributed by atoms with van der Waals surface area (Å²) in [4.78, 5) is 22.4. The molecule has 1 amide bonds. The van der Waals surface area contributed by atoms with Crippen LogP contribution in [0.3, 0.4) is 0 Å². The van der Waals surface area contributed by atoms with Gasteiger partial charge in [0, 0.05) is 24.3 Å². The van der Waals surface area contributed by atoms with Crippen LogP contribution < -0.4 is 40.0 Å². The summed E-state index contributed by atoms with van der Waals surface area (Å²) in [6.45, 7) is 8.02. The van der Waals surface area contributed by atoms with Gasteiger partial charge in [-0.25, -0.2) is 0 Å². The van der Waals surface area contributed by atoms with Gasteiger partial charge in [-0.1, -0.05) is 27.7 Å². The van der Waals surface area contributed by atoms with Gasteiger partial charge < -0.3 is 15.2 Å². The molecule has 0 aromatic rings. The van der Waals surface area contributed by atoms with Gasteiger partial charge in [0.15, 0.2) is 0 Å². The van der Waals surface area contributed by atoms with Gasteiger partial charge in [0.25, 0.3) is 0 Å². The smallest absolute Gasteiger partial charge is 0.550 e. The van der Waals surface area contributed by atoms with Gasteiger partial charge >= 0.3 is 29.6 Å². The van der Waals surface area contributed by atoms with E-state index in [1.54, 1.807) is 6.92 Å². The van der Waals surface area contributed by atoms with Gasteiger partial charge in [-0.15, -0.1) is 0 Å². The zero-order chi connectivity index (χ0) is 13.2. The van der Waals surface area contributed by atoms with E-state index < -0.39 is 17.8 Å². The topological polar surface area (TPSA) is 69.2 Å². The van der Waals surface area contributed by atoms with Crippen LogP contribution in [-0.2, 0) is 9.59 Å². The van der Waals surface area contributed by atoms with Crippen molar-refractivity contribution < 1.29 is 44.3 Å². The summed E-state index contributed by atoms with van der Waals surface area (Å²) in [5.41, 5.74) is 0.111. The normalized spacial score (nSPS) is 18.4. The van der Waals surface area contributed by atoms with Gasteiger partial charge in [0.1, 0.15) is 0 Å². The summed E-state index contributed by atoms with van der Waals surface area (Å²) in [5.74, 6) is -1.98. The van der Waals surface area contributed by atoms with E-state index in [2.05, 4.69) is 19.2 Å². The first-order valence-corrected chi connectivity index (χ1v) is 6.24. The quantitative estimate of drug-likeness (QED) is 0.542. The molecule has 0 aromatic carbocycles. The van der Waals surface area contributed by atoms with Crippen molar-refractivity contribution in [1.29, 1.82) is 0 Å². The molecular weight excluding hydrogens is 241 g/mol. The van der Waals surface area contributed by atoms with Crippen LogP contribution in [-0.4, -0.2) is 18.4 Å². The van der Waals surface area contributed by atoms with Crippen molar-refractivity contribution in [3.05, 3.63) is 0 Å². The maximum absolute atomic E-state index is 11.8. The molecule has 0 spiro atoms. The zero-order valence-corrected chi connectivity index (χ0v) is 14.1. The largest absolute Gasteiger partial charge is 1.00 e. The number of aliphatic carboxylic acids is 1. The number of carbonyl (C=O) groups excluding carboxylic acids is 2. The standard InChI is InChI=1S/C13H23NO3.Na/c1-8(9(2)12(16)17)11(15)14-7-13(3,4)10-5-6-10;/h8-10H,5-7H2,1-4H3,(H,14,15)(H,16,17);/q;+1/p-1. The molecule has 5 heteroatoms. The van der Waals surface area contributed by atoms with E-state index in [0.717, 1.165) is 0 Å². The maximum Gasteiger partial charge on any atom is 1.00 e. The van der Waals surface area contributed by atoms with Crippen molar-refractivity contribution in [2.75, 3.05) is 6.54 Å². The number of rotatable bonds is 6. The minimum Gasteiger partial charge on any atom is -0.550 e. The number of nitrogens with one attached hydrogen (secondary N) is 1. The number of hydrogen-bond acceptors (Lipinski definition) is 3. The number of carboxylic acids is 1. The first-order chi connectivity index (χ1) is 7.75. The molecule has 18 heavy (non-hydrogen) atoms. The van der Waals surface area contributed by atoms with Crippen LogP contribution in [0.4, 0.5) is 0 Å². The van der Waals surface area contributed by atoms with E-state index in [1.807, 2.05) is 0 Å².